The van der Waals surface area contributed by atoms with E-state index in [1.807, 2.05) is 0 Å². The maximum Gasteiger partial charge on any atom is 0.225 e. The largest absolute Gasteiger partial charge is 0.351 e. The molecule has 1 aliphatic carbocycles. The number of benzene rings is 1. The summed E-state index contributed by atoms with van der Waals surface area (Å²) in [5.41, 5.74) is -0.187. The van der Waals surface area contributed by atoms with Crippen LogP contribution in [0.25, 0.3) is 0 Å². The fraction of sp³-hybridized carbons (Fsp3) is 0.0667. The fourth-order valence-electron chi connectivity index (χ4n) is 2.28. The Kier molecular flexibility index (Phi) is 3.94. The quantitative estimate of drug-likeness (QED) is 0.887. The molecule has 7 nitrogen and oxygen atoms in total. The number of nitrogens with one attached hydrogen (secondary N) is 1. The lowest BCUT2D eigenvalue weighted by Gasteiger charge is -2.20. The van der Waals surface area contributed by atoms with Crippen molar-refractivity contribution in [2.75, 3.05) is 11.6 Å². The van der Waals surface area contributed by atoms with Crippen molar-refractivity contribution in [3.63, 3.8) is 0 Å². The molecular weight excluding hydrogens is 354 g/mol. The van der Waals surface area contributed by atoms with Gasteiger partial charge < -0.3 is 5.32 Å². The Morgan fingerprint density at radius 1 is 1.08 bits per heavy atom. The topological polar surface area (TPSA) is 106 Å². The molecule has 2 aromatic rings. The van der Waals surface area contributed by atoms with E-state index < -0.39 is 26.3 Å². The molecular formula is C15H10ClN3O4S. The highest BCUT2D eigenvalue weighted by Crippen LogP contribution is 2.28. The van der Waals surface area contributed by atoms with Crippen molar-refractivity contribution >= 4 is 38.7 Å². The molecule has 0 atom stereocenters. The number of rotatable bonds is 3. The van der Waals surface area contributed by atoms with Crippen molar-refractivity contribution in [3.05, 3.63) is 63.7 Å². The minimum Gasteiger partial charge on any atom is -0.351 e. The van der Waals surface area contributed by atoms with Crippen LogP contribution < -0.4 is 5.32 Å². The van der Waals surface area contributed by atoms with Gasteiger partial charge in [-0.25, -0.2) is 18.4 Å². The Balaban J connectivity index is 2.19. The summed E-state index contributed by atoms with van der Waals surface area (Å²) in [7, 11) is -3.97. The molecule has 1 N–H and O–H groups in total. The lowest BCUT2D eigenvalue weighted by molar-refractivity contribution is 0.0977. The van der Waals surface area contributed by atoms with Gasteiger partial charge in [-0.05, 0) is 24.3 Å². The summed E-state index contributed by atoms with van der Waals surface area (Å²) < 4.78 is 24.1. The second-order valence-corrected chi connectivity index (χ2v) is 7.44. The van der Waals surface area contributed by atoms with Crippen LogP contribution in [0.15, 0.2) is 47.4 Å². The van der Waals surface area contributed by atoms with Crippen LogP contribution >= 0.6 is 11.6 Å². The SMILES string of the molecule is CS(=O)(=O)C1=C(Nc2ccc(Cl)cc2)C(=O)c2cncnc2C1=O. The second-order valence-electron chi connectivity index (χ2n) is 5.05. The van der Waals surface area contributed by atoms with Gasteiger partial charge in [-0.2, -0.15) is 0 Å². The number of anilines is 1. The number of halogens is 1. The molecule has 24 heavy (non-hydrogen) atoms. The molecule has 1 aliphatic rings. The van der Waals surface area contributed by atoms with Gasteiger partial charge in [0.2, 0.25) is 11.6 Å². The molecule has 0 saturated heterocycles. The number of hydrogen-bond acceptors (Lipinski definition) is 7. The second kappa shape index (κ2) is 5.81. The highest BCUT2D eigenvalue weighted by Gasteiger charge is 2.38. The number of Topliss-reactive ketones (excluding diaryl/α,β-unsaturated/α-hetero) is 2. The number of carbonyl (C=O) groups excluding carboxylic acids is 2. The zero-order valence-electron chi connectivity index (χ0n) is 12.3. The summed E-state index contributed by atoms with van der Waals surface area (Å²) in [4.78, 5) is 32.0. The highest BCUT2D eigenvalue weighted by atomic mass is 35.5. The Morgan fingerprint density at radius 2 is 1.75 bits per heavy atom. The van der Waals surface area contributed by atoms with Gasteiger partial charge in [0, 0.05) is 23.2 Å². The molecule has 1 heterocycles. The first-order valence-corrected chi connectivity index (χ1v) is 8.92. The summed E-state index contributed by atoms with van der Waals surface area (Å²) in [5, 5.41) is 3.18. The van der Waals surface area contributed by atoms with Crippen molar-refractivity contribution in [1.82, 2.24) is 9.97 Å². The zero-order valence-corrected chi connectivity index (χ0v) is 13.9. The Labute approximate surface area is 142 Å². The molecule has 0 amide bonds. The Morgan fingerprint density at radius 3 is 2.38 bits per heavy atom. The average Bonchev–Trinajstić information content (AvgIpc) is 2.53. The van der Waals surface area contributed by atoms with Crippen LogP contribution in [0, 0.1) is 0 Å². The van der Waals surface area contributed by atoms with Crippen LogP contribution in [-0.4, -0.2) is 36.2 Å². The first-order valence-electron chi connectivity index (χ1n) is 6.65. The van der Waals surface area contributed by atoms with Crippen molar-refractivity contribution < 1.29 is 18.0 Å². The summed E-state index contributed by atoms with van der Waals surface area (Å²) in [6, 6.07) is 6.25. The number of allylic oxidation sites excluding steroid dienone is 2. The molecule has 0 saturated carbocycles. The standard InChI is InChI=1S/C15H10ClN3O4S/c1-24(22,23)15-12(19-9-4-2-8(16)3-5-9)13(20)10-6-17-7-18-11(10)14(15)21/h2-7,19H,1H3. The van der Waals surface area contributed by atoms with E-state index >= 15 is 0 Å². The zero-order chi connectivity index (χ0) is 17.5. The van der Waals surface area contributed by atoms with E-state index in [1.54, 1.807) is 24.3 Å². The molecule has 0 fully saturated rings. The minimum atomic E-state index is -3.97. The lowest BCUT2D eigenvalue weighted by Crippen LogP contribution is -2.30. The van der Waals surface area contributed by atoms with Crippen molar-refractivity contribution in [2.45, 2.75) is 0 Å². The van der Waals surface area contributed by atoms with Gasteiger partial charge in [-0.15, -0.1) is 0 Å². The van der Waals surface area contributed by atoms with Crippen molar-refractivity contribution in [1.29, 1.82) is 0 Å². The van der Waals surface area contributed by atoms with Crippen molar-refractivity contribution in [2.24, 2.45) is 0 Å². The number of nitrogens with zero attached hydrogens (tertiary/aromatic N) is 2. The van der Waals surface area contributed by atoms with Crippen LogP contribution in [-0.2, 0) is 9.84 Å². The van der Waals surface area contributed by atoms with Gasteiger partial charge >= 0.3 is 0 Å². The van der Waals surface area contributed by atoms with Gasteiger partial charge in [-0.1, -0.05) is 11.6 Å². The summed E-state index contributed by atoms with van der Waals surface area (Å²) >= 11 is 5.80. The third-order valence-electron chi connectivity index (χ3n) is 3.32. The molecule has 0 radical (unpaired) electrons. The third-order valence-corrected chi connectivity index (χ3v) is 4.70. The van der Waals surface area contributed by atoms with Crippen LogP contribution in [0.3, 0.4) is 0 Å². The summed E-state index contributed by atoms with van der Waals surface area (Å²) in [6.07, 6.45) is 3.13. The average molecular weight is 364 g/mol. The van der Waals surface area contributed by atoms with E-state index in [0.29, 0.717) is 10.7 Å². The molecule has 0 spiro atoms. The molecule has 0 unspecified atom stereocenters. The van der Waals surface area contributed by atoms with Crippen LogP contribution in [0.2, 0.25) is 5.02 Å². The predicted octanol–water partition coefficient (Wildman–Crippen LogP) is 1.88. The number of fused-ring (bicyclic) bond motifs is 1. The monoisotopic (exact) mass is 363 g/mol. The van der Waals surface area contributed by atoms with Crippen LogP contribution in [0.4, 0.5) is 5.69 Å². The molecule has 122 valence electrons. The number of aromatic nitrogens is 2. The predicted molar refractivity (Wildman–Crippen MR) is 87.6 cm³/mol. The van der Waals surface area contributed by atoms with E-state index in [-0.39, 0.29) is 17.0 Å². The van der Waals surface area contributed by atoms with E-state index in [2.05, 4.69) is 15.3 Å². The highest BCUT2D eigenvalue weighted by molar-refractivity contribution is 7.95. The first kappa shape index (κ1) is 16.3. The Bertz CT molecular complexity index is 998. The minimum absolute atomic E-state index is 0.0497. The maximum absolute atomic E-state index is 12.6. The summed E-state index contributed by atoms with van der Waals surface area (Å²) in [5.74, 6) is -1.51. The van der Waals surface area contributed by atoms with E-state index in [1.165, 1.54) is 6.20 Å². The fourth-order valence-corrected chi connectivity index (χ4v) is 3.35. The van der Waals surface area contributed by atoms with Crippen LogP contribution in [0.1, 0.15) is 20.8 Å². The van der Waals surface area contributed by atoms with Gasteiger partial charge in [0.25, 0.3) is 0 Å². The van der Waals surface area contributed by atoms with Gasteiger partial charge in [-0.3, -0.25) is 9.59 Å². The Hall–Kier alpha value is -2.58. The summed E-state index contributed by atoms with van der Waals surface area (Å²) in [6.45, 7) is 0. The smallest absolute Gasteiger partial charge is 0.225 e. The van der Waals surface area contributed by atoms with Gasteiger partial charge in [0.15, 0.2) is 9.84 Å². The van der Waals surface area contributed by atoms with E-state index in [0.717, 1.165) is 12.6 Å². The first-order chi connectivity index (χ1) is 11.3. The number of hydrogen-bond donors (Lipinski definition) is 1. The lowest BCUT2D eigenvalue weighted by atomic mass is 9.98. The molecule has 3 rings (SSSR count). The van der Waals surface area contributed by atoms with Crippen molar-refractivity contribution in [3.8, 4) is 0 Å². The van der Waals surface area contributed by atoms with Gasteiger partial charge in [0.1, 0.15) is 22.6 Å². The van der Waals surface area contributed by atoms with E-state index in [4.69, 9.17) is 11.6 Å². The molecule has 9 heteroatoms. The molecule has 0 bridgehead atoms. The van der Waals surface area contributed by atoms with Crippen LogP contribution in [0.5, 0.6) is 0 Å². The normalized spacial score (nSPS) is 14.6. The maximum atomic E-state index is 12.6. The van der Waals surface area contributed by atoms with E-state index in [9.17, 15) is 18.0 Å². The number of sulfone groups is 1. The third kappa shape index (κ3) is 2.81. The molecule has 0 aliphatic heterocycles. The number of ketones is 2. The number of carbonyl (C=O) groups is 2. The van der Waals surface area contributed by atoms with Gasteiger partial charge in [0.05, 0.1) is 5.56 Å². The molecule has 1 aromatic heterocycles. The molecule has 1 aromatic carbocycles.